The van der Waals surface area contributed by atoms with Gasteiger partial charge in [0, 0.05) is 0 Å². The van der Waals surface area contributed by atoms with Crippen LogP contribution in [0.15, 0.2) is 86.5 Å². The molecule has 0 radical (unpaired) electrons. The molecule has 0 bridgehead atoms. The van der Waals surface area contributed by atoms with Crippen LogP contribution in [0.3, 0.4) is 0 Å². The highest BCUT2D eigenvalue weighted by atomic mass is 14.1. The van der Waals surface area contributed by atoms with Crippen molar-refractivity contribution in [3.63, 3.8) is 0 Å². The summed E-state index contributed by atoms with van der Waals surface area (Å²) in [4.78, 5) is 0. The fourth-order valence-electron chi connectivity index (χ4n) is 2.67. The SMILES string of the molecule is C=C.C=CC.c1cc2ccc3cccc4ccc(c1)c2c34. The molecule has 0 amide bonds. The van der Waals surface area contributed by atoms with Gasteiger partial charge in [0.1, 0.15) is 0 Å². The maximum atomic E-state index is 3.36. The van der Waals surface area contributed by atoms with Crippen molar-refractivity contribution in [3.8, 4) is 0 Å². The Morgan fingerprint density at radius 1 is 0.619 bits per heavy atom. The lowest BCUT2D eigenvalue weighted by atomic mass is 9.95. The quantitative estimate of drug-likeness (QED) is 0.250. The second-order valence-corrected chi connectivity index (χ2v) is 4.70. The third-order valence-corrected chi connectivity index (χ3v) is 3.39. The standard InChI is InChI=1S/C16H10.C3H6.C2H4/c1-3-11-7-9-13-5-2-6-14-10-8-12(4-1)15(11)16(13)14;1-3-2;1-2/h1-10H;3H,1H2,2H3;1-2H2. The fraction of sp³-hybridized carbons (Fsp3) is 0.0476. The molecule has 4 aromatic carbocycles. The van der Waals surface area contributed by atoms with E-state index < -0.39 is 0 Å². The van der Waals surface area contributed by atoms with Crippen molar-refractivity contribution >= 4 is 32.3 Å². The molecule has 0 heterocycles. The summed E-state index contributed by atoms with van der Waals surface area (Å²) in [5.41, 5.74) is 0. The second kappa shape index (κ2) is 6.71. The highest BCUT2D eigenvalue weighted by Crippen LogP contribution is 2.33. The van der Waals surface area contributed by atoms with Crippen LogP contribution in [0.25, 0.3) is 32.3 Å². The summed E-state index contributed by atoms with van der Waals surface area (Å²) in [6.07, 6.45) is 1.75. The molecular weight excluding hydrogens is 252 g/mol. The Balaban J connectivity index is 0.000000291. The van der Waals surface area contributed by atoms with Gasteiger partial charge >= 0.3 is 0 Å². The number of allylic oxidation sites excluding steroid dienone is 1. The van der Waals surface area contributed by atoms with E-state index in [0.717, 1.165) is 0 Å². The van der Waals surface area contributed by atoms with Crippen LogP contribution in [-0.4, -0.2) is 0 Å². The van der Waals surface area contributed by atoms with Gasteiger partial charge in [-0.2, -0.15) is 0 Å². The van der Waals surface area contributed by atoms with E-state index in [0.29, 0.717) is 0 Å². The van der Waals surface area contributed by atoms with Crippen molar-refractivity contribution in [1.82, 2.24) is 0 Å². The van der Waals surface area contributed by atoms with Crippen LogP contribution in [-0.2, 0) is 0 Å². The molecule has 0 spiro atoms. The van der Waals surface area contributed by atoms with Gasteiger partial charge in [0.25, 0.3) is 0 Å². The Labute approximate surface area is 126 Å². The molecule has 104 valence electrons. The molecule has 0 saturated carbocycles. The summed E-state index contributed by atoms with van der Waals surface area (Å²) in [6, 6.07) is 21.9. The van der Waals surface area contributed by atoms with E-state index in [9.17, 15) is 0 Å². The lowest BCUT2D eigenvalue weighted by molar-refractivity contribution is 1.78. The van der Waals surface area contributed by atoms with Crippen molar-refractivity contribution in [2.45, 2.75) is 6.92 Å². The van der Waals surface area contributed by atoms with Crippen molar-refractivity contribution in [3.05, 3.63) is 86.5 Å². The van der Waals surface area contributed by atoms with Crippen molar-refractivity contribution in [1.29, 1.82) is 0 Å². The van der Waals surface area contributed by atoms with Crippen LogP contribution in [0.2, 0.25) is 0 Å². The van der Waals surface area contributed by atoms with Crippen LogP contribution in [0, 0.1) is 0 Å². The van der Waals surface area contributed by atoms with E-state index in [1.807, 2.05) is 6.92 Å². The topological polar surface area (TPSA) is 0 Å². The van der Waals surface area contributed by atoms with Crippen LogP contribution in [0.5, 0.6) is 0 Å². The summed E-state index contributed by atoms with van der Waals surface area (Å²) in [7, 11) is 0. The molecule has 0 aliphatic carbocycles. The fourth-order valence-corrected chi connectivity index (χ4v) is 2.67. The zero-order valence-corrected chi connectivity index (χ0v) is 12.5. The maximum absolute atomic E-state index is 3.36. The minimum Gasteiger partial charge on any atom is -0.106 e. The first-order valence-electron chi connectivity index (χ1n) is 7.04. The van der Waals surface area contributed by atoms with E-state index >= 15 is 0 Å². The number of hydrogen-bond donors (Lipinski definition) is 0. The Morgan fingerprint density at radius 2 is 0.857 bits per heavy atom. The molecule has 4 aromatic rings. The Bertz CT molecular complexity index is 726. The van der Waals surface area contributed by atoms with E-state index in [-0.39, 0.29) is 0 Å². The predicted molar refractivity (Wildman–Crippen MR) is 97.3 cm³/mol. The van der Waals surface area contributed by atoms with Crippen molar-refractivity contribution in [2.24, 2.45) is 0 Å². The molecule has 0 N–H and O–H groups in total. The van der Waals surface area contributed by atoms with Gasteiger partial charge in [-0.15, -0.1) is 19.7 Å². The van der Waals surface area contributed by atoms with E-state index in [1.54, 1.807) is 6.08 Å². The number of benzene rings is 4. The van der Waals surface area contributed by atoms with Gasteiger partial charge in [-0.05, 0) is 39.2 Å². The number of rotatable bonds is 0. The zero-order chi connectivity index (χ0) is 15.2. The van der Waals surface area contributed by atoms with Gasteiger partial charge in [0.15, 0.2) is 0 Å². The molecule has 0 saturated heterocycles. The molecule has 0 heteroatoms. The Kier molecular flexibility index (Phi) is 4.73. The second-order valence-electron chi connectivity index (χ2n) is 4.70. The van der Waals surface area contributed by atoms with E-state index in [1.165, 1.54) is 32.3 Å². The summed E-state index contributed by atoms with van der Waals surface area (Å²) in [5.74, 6) is 0. The molecular formula is C21H20. The average Bonchev–Trinajstić information content (AvgIpc) is 2.55. The van der Waals surface area contributed by atoms with Crippen molar-refractivity contribution < 1.29 is 0 Å². The monoisotopic (exact) mass is 272 g/mol. The molecule has 0 unspecified atom stereocenters. The van der Waals surface area contributed by atoms with E-state index in [2.05, 4.69) is 80.4 Å². The lowest BCUT2D eigenvalue weighted by Gasteiger charge is -2.09. The molecule has 21 heavy (non-hydrogen) atoms. The number of hydrogen-bond acceptors (Lipinski definition) is 0. The van der Waals surface area contributed by atoms with Crippen LogP contribution < -0.4 is 0 Å². The molecule has 0 fully saturated rings. The van der Waals surface area contributed by atoms with Crippen LogP contribution in [0.1, 0.15) is 6.92 Å². The smallest absolute Gasteiger partial charge is 0.00268 e. The molecule has 0 aromatic heterocycles. The van der Waals surface area contributed by atoms with Gasteiger partial charge in [-0.3, -0.25) is 0 Å². The summed E-state index contributed by atoms with van der Waals surface area (Å²) in [6.45, 7) is 11.2. The molecule has 0 nitrogen and oxygen atoms in total. The molecule has 0 aliphatic heterocycles. The zero-order valence-electron chi connectivity index (χ0n) is 12.5. The van der Waals surface area contributed by atoms with Crippen LogP contribution in [0.4, 0.5) is 0 Å². The first-order valence-corrected chi connectivity index (χ1v) is 7.04. The van der Waals surface area contributed by atoms with Crippen LogP contribution >= 0.6 is 0 Å². The molecule has 4 rings (SSSR count). The van der Waals surface area contributed by atoms with Gasteiger partial charge in [-0.25, -0.2) is 0 Å². The summed E-state index contributed by atoms with van der Waals surface area (Å²) >= 11 is 0. The normalized spacial score (nSPS) is 9.76. The molecule has 0 atom stereocenters. The largest absolute Gasteiger partial charge is 0.106 e. The first kappa shape index (κ1) is 14.8. The van der Waals surface area contributed by atoms with Gasteiger partial charge in [0.2, 0.25) is 0 Å². The predicted octanol–water partition coefficient (Wildman–Crippen LogP) is 6.58. The maximum Gasteiger partial charge on any atom is -0.00268 e. The summed E-state index contributed by atoms with van der Waals surface area (Å²) < 4.78 is 0. The van der Waals surface area contributed by atoms with Crippen molar-refractivity contribution in [2.75, 3.05) is 0 Å². The van der Waals surface area contributed by atoms with E-state index in [4.69, 9.17) is 0 Å². The highest BCUT2D eigenvalue weighted by Gasteiger charge is 2.05. The van der Waals surface area contributed by atoms with Gasteiger partial charge in [-0.1, -0.05) is 66.7 Å². The first-order chi connectivity index (χ1) is 10.3. The molecule has 0 aliphatic rings. The minimum absolute atomic E-state index is 1.34. The average molecular weight is 272 g/mol. The summed E-state index contributed by atoms with van der Waals surface area (Å²) in [5, 5.41) is 8.14. The van der Waals surface area contributed by atoms with Gasteiger partial charge in [0.05, 0.1) is 0 Å². The Morgan fingerprint density at radius 3 is 1.10 bits per heavy atom. The lowest BCUT2D eigenvalue weighted by Crippen LogP contribution is -1.82. The Hall–Kier alpha value is -2.60. The minimum atomic E-state index is 1.34. The highest BCUT2D eigenvalue weighted by molar-refractivity contribution is 6.22. The third kappa shape index (κ3) is 2.66. The third-order valence-electron chi connectivity index (χ3n) is 3.39. The van der Waals surface area contributed by atoms with Gasteiger partial charge < -0.3 is 0 Å².